The van der Waals surface area contributed by atoms with Gasteiger partial charge in [-0.2, -0.15) is 0 Å². The first-order valence-electron chi connectivity index (χ1n) is 5.86. The third-order valence-corrected chi connectivity index (χ3v) is 3.32. The molecule has 0 fully saturated rings. The largest absolute Gasteiger partial charge is 0.396 e. The molecule has 1 N–H and O–H groups in total. The molecule has 0 aliphatic rings. The van der Waals surface area contributed by atoms with Crippen LogP contribution in [0.1, 0.15) is 31.0 Å². The number of nitrogens with zero attached hydrogens (tertiary/aromatic N) is 2. The Labute approximate surface area is 106 Å². The van der Waals surface area contributed by atoms with E-state index in [1.165, 1.54) is 0 Å². The van der Waals surface area contributed by atoms with Gasteiger partial charge in [0.2, 0.25) is 5.91 Å². The Hall–Kier alpha value is -0.940. The number of rotatable bonds is 6. The number of carbonyl (C=O) groups is 1. The van der Waals surface area contributed by atoms with Crippen LogP contribution in [0, 0.1) is 6.92 Å². The molecule has 1 aromatic rings. The Morgan fingerprint density at radius 3 is 2.76 bits per heavy atom. The van der Waals surface area contributed by atoms with Crippen molar-refractivity contribution in [2.24, 2.45) is 0 Å². The Morgan fingerprint density at radius 2 is 2.29 bits per heavy atom. The molecule has 0 bridgehead atoms. The predicted molar refractivity (Wildman–Crippen MR) is 69.1 cm³/mol. The van der Waals surface area contributed by atoms with Crippen LogP contribution < -0.4 is 0 Å². The van der Waals surface area contributed by atoms with Crippen molar-refractivity contribution in [3.05, 3.63) is 16.1 Å². The number of thiazole rings is 1. The maximum Gasteiger partial charge on any atom is 0.228 e. The van der Waals surface area contributed by atoms with Crippen molar-refractivity contribution < 1.29 is 9.90 Å². The van der Waals surface area contributed by atoms with E-state index in [0.29, 0.717) is 19.4 Å². The zero-order valence-corrected chi connectivity index (χ0v) is 11.5. The number of amides is 1. The molecule has 1 amide bonds. The Morgan fingerprint density at radius 1 is 1.59 bits per heavy atom. The fourth-order valence-electron chi connectivity index (χ4n) is 1.66. The number of aliphatic hydroxyl groups is 1. The van der Waals surface area contributed by atoms with Gasteiger partial charge < -0.3 is 10.0 Å². The van der Waals surface area contributed by atoms with Crippen molar-refractivity contribution in [2.75, 3.05) is 13.2 Å². The first kappa shape index (κ1) is 14.1. The highest BCUT2D eigenvalue weighted by atomic mass is 32.1. The Kier molecular flexibility index (Phi) is 5.58. The van der Waals surface area contributed by atoms with Gasteiger partial charge in [0.15, 0.2) is 0 Å². The Bertz CT molecular complexity index is 363. The lowest BCUT2D eigenvalue weighted by molar-refractivity contribution is -0.132. The lowest BCUT2D eigenvalue weighted by Crippen LogP contribution is -2.39. The molecule has 0 saturated heterocycles. The van der Waals surface area contributed by atoms with E-state index in [-0.39, 0.29) is 18.6 Å². The van der Waals surface area contributed by atoms with Crippen molar-refractivity contribution in [1.82, 2.24) is 9.88 Å². The highest BCUT2D eigenvalue weighted by molar-refractivity contribution is 7.09. The fraction of sp³-hybridized carbons (Fsp3) is 0.667. The van der Waals surface area contributed by atoms with E-state index in [1.54, 1.807) is 16.2 Å². The highest BCUT2D eigenvalue weighted by Crippen LogP contribution is 2.11. The summed E-state index contributed by atoms with van der Waals surface area (Å²) >= 11 is 1.56. The van der Waals surface area contributed by atoms with Gasteiger partial charge in [0.25, 0.3) is 0 Å². The van der Waals surface area contributed by atoms with E-state index in [1.807, 2.05) is 26.2 Å². The van der Waals surface area contributed by atoms with Gasteiger partial charge in [0, 0.05) is 24.6 Å². The van der Waals surface area contributed by atoms with Gasteiger partial charge in [0.05, 0.1) is 17.1 Å². The average Bonchev–Trinajstić information content (AvgIpc) is 2.64. The lowest BCUT2D eigenvalue weighted by Gasteiger charge is -2.26. The minimum absolute atomic E-state index is 0.0822. The summed E-state index contributed by atoms with van der Waals surface area (Å²) in [6.07, 6.45) is 0.980. The van der Waals surface area contributed by atoms with Crippen LogP contribution in [-0.2, 0) is 11.2 Å². The average molecular weight is 256 g/mol. The van der Waals surface area contributed by atoms with Crippen LogP contribution in [0.4, 0.5) is 0 Å². The number of aliphatic hydroxyl groups excluding tert-OH is 1. The number of carbonyl (C=O) groups excluding carboxylic acids is 1. The SMILES string of the molecule is Cc1nc(CC(=O)N(CCCO)C(C)C)cs1. The number of hydrogen-bond acceptors (Lipinski definition) is 4. The van der Waals surface area contributed by atoms with Gasteiger partial charge in [-0.25, -0.2) is 4.98 Å². The van der Waals surface area contributed by atoms with Crippen LogP contribution in [-0.4, -0.2) is 40.1 Å². The van der Waals surface area contributed by atoms with Crippen molar-refractivity contribution in [3.8, 4) is 0 Å². The summed E-state index contributed by atoms with van der Waals surface area (Å²) in [5, 5.41) is 11.7. The second-order valence-electron chi connectivity index (χ2n) is 4.29. The van der Waals surface area contributed by atoms with Crippen molar-refractivity contribution in [3.63, 3.8) is 0 Å². The topological polar surface area (TPSA) is 53.4 Å². The summed E-state index contributed by atoms with van der Waals surface area (Å²) in [6.45, 7) is 6.64. The molecule has 96 valence electrons. The van der Waals surface area contributed by atoms with Gasteiger partial charge in [0.1, 0.15) is 0 Å². The molecule has 0 aromatic carbocycles. The molecule has 17 heavy (non-hydrogen) atoms. The van der Waals surface area contributed by atoms with Gasteiger partial charge in [-0.15, -0.1) is 11.3 Å². The molecule has 1 rings (SSSR count). The van der Waals surface area contributed by atoms with E-state index in [4.69, 9.17) is 5.11 Å². The maximum absolute atomic E-state index is 12.1. The number of hydrogen-bond donors (Lipinski definition) is 1. The molecule has 0 radical (unpaired) electrons. The summed E-state index contributed by atoms with van der Waals surface area (Å²) < 4.78 is 0. The summed E-state index contributed by atoms with van der Waals surface area (Å²) in [5.41, 5.74) is 0.840. The molecule has 0 aliphatic heterocycles. The van der Waals surface area contributed by atoms with Crippen molar-refractivity contribution >= 4 is 17.2 Å². The Balaban J connectivity index is 2.58. The van der Waals surface area contributed by atoms with Crippen LogP contribution in [0.2, 0.25) is 0 Å². The van der Waals surface area contributed by atoms with Gasteiger partial charge >= 0.3 is 0 Å². The van der Waals surface area contributed by atoms with E-state index >= 15 is 0 Å². The minimum Gasteiger partial charge on any atom is -0.396 e. The highest BCUT2D eigenvalue weighted by Gasteiger charge is 2.17. The molecular formula is C12H20N2O2S. The predicted octanol–water partition coefficient (Wildman–Crippen LogP) is 1.61. The molecule has 1 aromatic heterocycles. The monoisotopic (exact) mass is 256 g/mol. The van der Waals surface area contributed by atoms with Crippen LogP contribution in [0.25, 0.3) is 0 Å². The third-order valence-electron chi connectivity index (χ3n) is 2.50. The molecule has 5 heteroatoms. The van der Waals surface area contributed by atoms with Crippen LogP contribution in [0.15, 0.2) is 5.38 Å². The zero-order valence-electron chi connectivity index (χ0n) is 10.6. The smallest absolute Gasteiger partial charge is 0.228 e. The second kappa shape index (κ2) is 6.71. The summed E-state index contributed by atoms with van der Waals surface area (Å²) in [5.74, 6) is 0.0822. The van der Waals surface area contributed by atoms with Gasteiger partial charge in [-0.3, -0.25) is 4.79 Å². The number of aryl methyl sites for hydroxylation is 1. The zero-order chi connectivity index (χ0) is 12.8. The van der Waals surface area contributed by atoms with Crippen LogP contribution in [0.3, 0.4) is 0 Å². The molecular weight excluding hydrogens is 236 g/mol. The second-order valence-corrected chi connectivity index (χ2v) is 5.35. The van der Waals surface area contributed by atoms with E-state index in [2.05, 4.69) is 4.98 Å². The maximum atomic E-state index is 12.1. The van der Waals surface area contributed by atoms with Crippen LogP contribution in [0.5, 0.6) is 0 Å². The summed E-state index contributed by atoms with van der Waals surface area (Å²) in [4.78, 5) is 18.2. The molecule has 0 aliphatic carbocycles. The fourth-order valence-corrected chi connectivity index (χ4v) is 2.27. The normalized spacial score (nSPS) is 10.9. The summed E-state index contributed by atoms with van der Waals surface area (Å²) in [7, 11) is 0. The first-order chi connectivity index (χ1) is 8.04. The number of aromatic nitrogens is 1. The van der Waals surface area contributed by atoms with Crippen molar-refractivity contribution in [1.29, 1.82) is 0 Å². The third kappa shape index (κ3) is 4.44. The molecule has 0 atom stereocenters. The van der Waals surface area contributed by atoms with Crippen molar-refractivity contribution in [2.45, 2.75) is 39.7 Å². The quantitative estimate of drug-likeness (QED) is 0.841. The first-order valence-corrected chi connectivity index (χ1v) is 6.74. The lowest BCUT2D eigenvalue weighted by atomic mass is 10.2. The molecule has 0 unspecified atom stereocenters. The van der Waals surface area contributed by atoms with Gasteiger partial charge in [-0.05, 0) is 27.2 Å². The summed E-state index contributed by atoms with van der Waals surface area (Å²) in [6, 6.07) is 0.161. The molecule has 0 saturated carbocycles. The van der Waals surface area contributed by atoms with E-state index in [0.717, 1.165) is 10.7 Å². The van der Waals surface area contributed by atoms with Crippen LogP contribution >= 0.6 is 11.3 Å². The standard InChI is InChI=1S/C12H20N2O2S/c1-9(2)14(5-4-6-15)12(16)7-11-8-17-10(3)13-11/h8-9,15H,4-7H2,1-3H3. The molecule has 4 nitrogen and oxygen atoms in total. The van der Waals surface area contributed by atoms with Gasteiger partial charge in [-0.1, -0.05) is 0 Å². The van der Waals surface area contributed by atoms with E-state index in [9.17, 15) is 4.79 Å². The minimum atomic E-state index is 0.0822. The van der Waals surface area contributed by atoms with E-state index < -0.39 is 0 Å². The molecule has 1 heterocycles. The molecule has 0 spiro atoms.